The zero-order valence-corrected chi connectivity index (χ0v) is 13.5. The number of hydrogen-bond donors (Lipinski definition) is 1. The monoisotopic (exact) mass is 344 g/mol. The molecule has 0 radical (unpaired) electrons. The maximum absolute atomic E-state index is 12.4. The van der Waals surface area contributed by atoms with Crippen LogP contribution in [-0.2, 0) is 10.0 Å². The Morgan fingerprint density at radius 2 is 1.74 bits per heavy atom. The lowest BCUT2D eigenvalue weighted by molar-refractivity contribution is 0.600. The highest BCUT2D eigenvalue weighted by Crippen LogP contribution is 2.19. The third-order valence-electron chi connectivity index (χ3n) is 2.80. The van der Waals surface area contributed by atoms with E-state index >= 15 is 0 Å². The largest absolute Gasteiger partial charge is 0.308 e. The summed E-state index contributed by atoms with van der Waals surface area (Å²) in [6, 6.07) is 13.8. The van der Waals surface area contributed by atoms with E-state index in [2.05, 4.69) is 19.7 Å². The number of nitrogens with one attached hydrogen (secondary N) is 1. The highest BCUT2D eigenvalue weighted by Gasteiger charge is 2.17. The molecule has 3 aromatic rings. The van der Waals surface area contributed by atoms with Crippen LogP contribution in [0.4, 0.5) is 5.95 Å². The van der Waals surface area contributed by atoms with Crippen molar-refractivity contribution in [1.29, 1.82) is 0 Å². The number of aromatic nitrogens is 2. The van der Waals surface area contributed by atoms with Gasteiger partial charge in [-0.2, -0.15) is 8.42 Å². The maximum atomic E-state index is 12.4. The van der Waals surface area contributed by atoms with E-state index in [9.17, 15) is 8.42 Å². The Bertz CT molecular complexity index is 893. The smallest absolute Gasteiger partial charge is 0.293 e. The first-order chi connectivity index (χ1) is 11.1. The van der Waals surface area contributed by atoms with Gasteiger partial charge >= 0.3 is 0 Å². The molecule has 0 amide bonds. The second-order valence-electron chi connectivity index (χ2n) is 4.41. The van der Waals surface area contributed by atoms with Crippen molar-refractivity contribution in [3.05, 3.63) is 71.9 Å². The van der Waals surface area contributed by atoms with Gasteiger partial charge in [0.05, 0.1) is 0 Å². The molecule has 0 spiro atoms. The molecule has 8 heteroatoms. The van der Waals surface area contributed by atoms with Crippen LogP contribution in [0.3, 0.4) is 0 Å². The molecule has 2 heterocycles. The van der Waals surface area contributed by atoms with Gasteiger partial charge in [0.1, 0.15) is 4.21 Å². The molecule has 6 nitrogen and oxygen atoms in total. The highest BCUT2D eigenvalue weighted by atomic mass is 32.2. The van der Waals surface area contributed by atoms with E-state index < -0.39 is 10.0 Å². The molecule has 0 bridgehead atoms. The first kappa shape index (κ1) is 15.3. The second-order valence-corrected chi connectivity index (χ2v) is 7.19. The average Bonchev–Trinajstić information content (AvgIpc) is 3.11. The summed E-state index contributed by atoms with van der Waals surface area (Å²) in [5.74, 6) is 0.446. The first-order valence-corrected chi connectivity index (χ1v) is 8.95. The highest BCUT2D eigenvalue weighted by molar-refractivity contribution is 7.92. The van der Waals surface area contributed by atoms with E-state index in [-0.39, 0.29) is 16.0 Å². The Balaban J connectivity index is 2.04. The summed E-state index contributed by atoms with van der Waals surface area (Å²) < 4.78 is 28.9. The fraction of sp³-hybridized carbons (Fsp3) is 0. The van der Waals surface area contributed by atoms with E-state index in [4.69, 9.17) is 0 Å². The molecule has 1 aromatic carbocycles. The minimum atomic E-state index is -3.80. The van der Waals surface area contributed by atoms with Crippen LogP contribution < -0.4 is 5.32 Å². The lowest BCUT2D eigenvalue weighted by atomic mass is 10.2. The fourth-order valence-corrected chi connectivity index (χ4v) is 3.73. The van der Waals surface area contributed by atoms with Crippen molar-refractivity contribution in [1.82, 2.24) is 9.97 Å². The molecule has 116 valence electrons. The quantitative estimate of drug-likeness (QED) is 0.581. The van der Waals surface area contributed by atoms with E-state index in [1.165, 1.54) is 6.07 Å². The molecule has 1 N–H and O–H groups in total. The molecule has 0 unspecified atom stereocenters. The molecule has 0 aliphatic heterocycles. The number of hydrogen-bond acceptors (Lipinski definition) is 5. The van der Waals surface area contributed by atoms with Crippen molar-refractivity contribution in [3.8, 4) is 0 Å². The van der Waals surface area contributed by atoms with E-state index in [0.29, 0.717) is 5.56 Å². The molecule has 0 aliphatic carbocycles. The summed E-state index contributed by atoms with van der Waals surface area (Å²) in [6.07, 6.45) is 3.12. The van der Waals surface area contributed by atoms with Crippen molar-refractivity contribution in [2.45, 2.75) is 4.21 Å². The van der Waals surface area contributed by atoms with Crippen LogP contribution in [-0.4, -0.2) is 24.2 Å². The van der Waals surface area contributed by atoms with Crippen LogP contribution in [0.1, 0.15) is 5.56 Å². The zero-order valence-electron chi connectivity index (χ0n) is 11.8. The maximum Gasteiger partial charge on any atom is 0.293 e. The summed E-state index contributed by atoms with van der Waals surface area (Å²) in [4.78, 5) is 8.08. The van der Waals surface area contributed by atoms with E-state index in [1.807, 2.05) is 6.07 Å². The predicted octanol–water partition coefficient (Wildman–Crippen LogP) is 2.79. The zero-order chi connectivity index (χ0) is 16.1. The average molecular weight is 344 g/mol. The molecule has 2 aromatic heterocycles. The van der Waals surface area contributed by atoms with Crippen LogP contribution >= 0.6 is 11.3 Å². The van der Waals surface area contributed by atoms with Gasteiger partial charge < -0.3 is 5.32 Å². The van der Waals surface area contributed by atoms with Crippen molar-refractivity contribution in [3.63, 3.8) is 0 Å². The Labute approximate surface area is 137 Å². The number of rotatable bonds is 4. The summed E-state index contributed by atoms with van der Waals surface area (Å²) in [7, 11) is -3.80. The number of sulfonamides is 1. The Kier molecular flexibility index (Phi) is 4.45. The van der Waals surface area contributed by atoms with Crippen LogP contribution in [0.15, 0.2) is 74.9 Å². The summed E-state index contributed by atoms with van der Waals surface area (Å²) in [5, 5.41) is 4.56. The molecule has 0 saturated heterocycles. The lowest BCUT2D eigenvalue weighted by Crippen LogP contribution is -2.17. The molecule has 0 fully saturated rings. The van der Waals surface area contributed by atoms with Gasteiger partial charge in [-0.1, -0.05) is 36.4 Å². The normalized spacial score (nSPS) is 12.1. The molecular weight excluding hydrogens is 332 g/mol. The third kappa shape index (κ3) is 3.79. The SMILES string of the molecule is O=S(=O)(/N=C(/Nc1ncccn1)c1ccccc1)c1cccs1. The number of amidine groups is 1. The fourth-order valence-electron chi connectivity index (χ4n) is 1.79. The summed E-state index contributed by atoms with van der Waals surface area (Å²) in [6.45, 7) is 0. The molecule has 0 atom stereocenters. The van der Waals surface area contributed by atoms with Crippen molar-refractivity contribution in [2.75, 3.05) is 5.32 Å². The van der Waals surface area contributed by atoms with E-state index in [0.717, 1.165) is 11.3 Å². The standard InChI is InChI=1S/C15H12N4O2S2/c20-23(21,13-8-4-11-22-13)19-14(12-6-2-1-3-7-12)18-15-16-9-5-10-17-15/h1-11H,(H,16,17,18,19). The number of nitrogens with zero attached hydrogens (tertiary/aromatic N) is 3. The van der Waals surface area contributed by atoms with Gasteiger partial charge in [-0.05, 0) is 17.5 Å². The summed E-state index contributed by atoms with van der Waals surface area (Å²) >= 11 is 1.12. The van der Waals surface area contributed by atoms with Crippen molar-refractivity contribution >= 4 is 33.1 Å². The van der Waals surface area contributed by atoms with Gasteiger partial charge in [0.2, 0.25) is 5.95 Å². The molecule has 3 rings (SSSR count). The van der Waals surface area contributed by atoms with Gasteiger partial charge in [0.15, 0.2) is 5.84 Å². The van der Waals surface area contributed by atoms with Gasteiger partial charge in [0.25, 0.3) is 10.0 Å². The topological polar surface area (TPSA) is 84.3 Å². The van der Waals surface area contributed by atoms with Gasteiger partial charge in [-0.3, -0.25) is 0 Å². The predicted molar refractivity (Wildman–Crippen MR) is 90.1 cm³/mol. The number of thiophene rings is 1. The summed E-state index contributed by atoms with van der Waals surface area (Å²) in [5.41, 5.74) is 0.625. The number of anilines is 1. The Morgan fingerprint density at radius 1 is 1.00 bits per heavy atom. The molecular formula is C15H12N4O2S2. The minimum absolute atomic E-state index is 0.171. The van der Waals surface area contributed by atoms with Gasteiger partial charge in [-0.15, -0.1) is 15.7 Å². The Morgan fingerprint density at radius 3 is 2.39 bits per heavy atom. The molecule has 0 aliphatic rings. The van der Waals surface area contributed by atoms with E-state index in [1.54, 1.807) is 54.2 Å². The minimum Gasteiger partial charge on any atom is -0.308 e. The van der Waals surface area contributed by atoms with Crippen LogP contribution in [0.5, 0.6) is 0 Å². The molecule has 0 saturated carbocycles. The third-order valence-corrected chi connectivity index (χ3v) is 5.45. The second kappa shape index (κ2) is 6.67. The Hall–Kier alpha value is -2.58. The van der Waals surface area contributed by atoms with Crippen molar-refractivity contribution in [2.24, 2.45) is 4.40 Å². The molecule has 23 heavy (non-hydrogen) atoms. The number of benzene rings is 1. The van der Waals surface area contributed by atoms with Crippen LogP contribution in [0, 0.1) is 0 Å². The van der Waals surface area contributed by atoms with Gasteiger partial charge in [0, 0.05) is 18.0 Å². The van der Waals surface area contributed by atoms with Crippen LogP contribution in [0.25, 0.3) is 0 Å². The lowest BCUT2D eigenvalue weighted by Gasteiger charge is -2.08. The first-order valence-electron chi connectivity index (χ1n) is 6.63. The van der Waals surface area contributed by atoms with Crippen molar-refractivity contribution < 1.29 is 8.42 Å². The van der Waals surface area contributed by atoms with Gasteiger partial charge in [-0.25, -0.2) is 9.97 Å². The van der Waals surface area contributed by atoms with Crippen LogP contribution in [0.2, 0.25) is 0 Å².